The molecule has 0 bridgehead atoms. The van der Waals surface area contributed by atoms with Gasteiger partial charge in [0.05, 0.1) is 18.3 Å². The van der Waals surface area contributed by atoms with Crippen LogP contribution in [0.2, 0.25) is 0 Å². The maximum atomic E-state index is 4.65. The molecule has 0 amide bonds. The van der Waals surface area contributed by atoms with Crippen molar-refractivity contribution in [1.29, 1.82) is 0 Å². The van der Waals surface area contributed by atoms with Crippen LogP contribution in [-0.4, -0.2) is 9.78 Å². The molecule has 0 fully saturated rings. The first-order valence-corrected chi connectivity index (χ1v) is 7.96. The Bertz CT molecular complexity index is 538. The smallest absolute Gasteiger partial charge is 0.0815 e. The average Bonchev–Trinajstić information content (AvgIpc) is 2.86. The highest BCUT2D eigenvalue weighted by Gasteiger charge is 2.07. The van der Waals surface area contributed by atoms with Crippen LogP contribution in [0.1, 0.15) is 44.0 Å². The fourth-order valence-corrected chi connectivity index (χ4v) is 2.98. The Labute approximate surface area is 129 Å². The zero-order valence-electron chi connectivity index (χ0n) is 12.4. The van der Waals surface area contributed by atoms with Gasteiger partial charge >= 0.3 is 0 Å². The molecule has 1 N–H and O–H groups in total. The van der Waals surface area contributed by atoms with Crippen LogP contribution >= 0.6 is 15.9 Å². The maximum absolute atomic E-state index is 4.65. The van der Waals surface area contributed by atoms with Gasteiger partial charge in [-0.3, -0.25) is 4.68 Å². The molecule has 0 atom stereocenters. The van der Waals surface area contributed by atoms with Crippen molar-refractivity contribution in [3.05, 3.63) is 46.2 Å². The highest BCUT2D eigenvalue weighted by Crippen LogP contribution is 2.20. The Balaban J connectivity index is 2.00. The van der Waals surface area contributed by atoms with Gasteiger partial charge in [0.1, 0.15) is 0 Å². The number of anilines is 1. The molecule has 0 aliphatic carbocycles. The summed E-state index contributed by atoms with van der Waals surface area (Å²) in [6.07, 6.45) is 4.33. The summed E-state index contributed by atoms with van der Waals surface area (Å²) in [6, 6.07) is 8.94. The van der Waals surface area contributed by atoms with Crippen LogP contribution in [0, 0.1) is 6.92 Å². The Kier molecular flexibility index (Phi) is 5.24. The Morgan fingerprint density at radius 1 is 1.25 bits per heavy atom. The van der Waals surface area contributed by atoms with E-state index in [1.807, 2.05) is 0 Å². The van der Waals surface area contributed by atoms with Crippen molar-refractivity contribution < 1.29 is 0 Å². The Morgan fingerprint density at radius 3 is 2.65 bits per heavy atom. The molecule has 0 aliphatic heterocycles. The molecule has 0 aliphatic rings. The van der Waals surface area contributed by atoms with Gasteiger partial charge in [0.15, 0.2) is 0 Å². The summed E-state index contributed by atoms with van der Waals surface area (Å²) in [7, 11) is 0. The van der Waals surface area contributed by atoms with E-state index < -0.39 is 0 Å². The lowest BCUT2D eigenvalue weighted by Gasteiger charge is -2.12. The van der Waals surface area contributed by atoms with Gasteiger partial charge in [-0.2, -0.15) is 5.10 Å². The van der Waals surface area contributed by atoms with Crippen molar-refractivity contribution >= 4 is 21.6 Å². The summed E-state index contributed by atoms with van der Waals surface area (Å²) < 4.78 is 3.19. The summed E-state index contributed by atoms with van der Waals surface area (Å²) in [5.41, 5.74) is 3.44. The van der Waals surface area contributed by atoms with Gasteiger partial charge in [0, 0.05) is 16.4 Å². The molecule has 0 saturated heterocycles. The molecule has 3 nitrogen and oxygen atoms in total. The minimum Gasteiger partial charge on any atom is -0.379 e. The first kappa shape index (κ1) is 15.1. The summed E-state index contributed by atoms with van der Waals surface area (Å²) in [6.45, 7) is 7.26. The van der Waals surface area contributed by atoms with Crippen LogP contribution in [0.5, 0.6) is 0 Å². The molecule has 0 spiro atoms. The second-order valence-electron chi connectivity index (χ2n) is 5.13. The molecule has 20 heavy (non-hydrogen) atoms. The number of aromatic nitrogens is 2. The van der Waals surface area contributed by atoms with Gasteiger partial charge in [-0.15, -0.1) is 0 Å². The van der Waals surface area contributed by atoms with E-state index in [1.165, 1.54) is 5.56 Å². The van der Waals surface area contributed by atoms with E-state index >= 15 is 0 Å². The number of hydrogen-bond donors (Lipinski definition) is 1. The third-order valence-corrected chi connectivity index (χ3v) is 3.95. The van der Waals surface area contributed by atoms with E-state index in [1.54, 1.807) is 0 Å². The maximum Gasteiger partial charge on any atom is 0.0815 e. The van der Waals surface area contributed by atoms with E-state index in [0.29, 0.717) is 6.04 Å². The van der Waals surface area contributed by atoms with Crippen LogP contribution in [0.15, 0.2) is 34.9 Å². The van der Waals surface area contributed by atoms with Crippen LogP contribution in [0.25, 0.3) is 0 Å². The standard InChI is InChI=1S/C16H22BrN3/c1-4-16(5-2)20-7-6-14(19-20)11-18-15-9-12(3)8-13(17)10-15/h6-10,16,18H,4-5,11H2,1-3H3. The van der Waals surface area contributed by atoms with E-state index in [2.05, 4.69) is 82.3 Å². The second-order valence-corrected chi connectivity index (χ2v) is 6.04. The van der Waals surface area contributed by atoms with Crippen molar-refractivity contribution in [2.45, 2.75) is 46.2 Å². The van der Waals surface area contributed by atoms with Crippen LogP contribution in [0.4, 0.5) is 5.69 Å². The molecule has 0 radical (unpaired) electrons. The average molecular weight is 336 g/mol. The van der Waals surface area contributed by atoms with Crippen molar-refractivity contribution in [2.24, 2.45) is 0 Å². The fourth-order valence-electron chi connectivity index (χ4n) is 2.37. The molecule has 1 heterocycles. The summed E-state index contributed by atoms with van der Waals surface area (Å²) in [5, 5.41) is 8.08. The topological polar surface area (TPSA) is 29.9 Å². The molecule has 2 rings (SSSR count). The molecule has 2 aromatic rings. The lowest BCUT2D eigenvalue weighted by atomic mass is 10.2. The zero-order valence-corrected chi connectivity index (χ0v) is 13.9. The highest BCUT2D eigenvalue weighted by molar-refractivity contribution is 9.10. The van der Waals surface area contributed by atoms with E-state index in [9.17, 15) is 0 Å². The Morgan fingerprint density at radius 2 is 2.00 bits per heavy atom. The third-order valence-electron chi connectivity index (χ3n) is 3.50. The molecular formula is C16H22BrN3. The normalized spacial score (nSPS) is 11.1. The van der Waals surface area contributed by atoms with Gasteiger partial charge in [-0.05, 0) is 49.6 Å². The molecule has 0 unspecified atom stereocenters. The summed E-state index contributed by atoms with van der Waals surface area (Å²) in [4.78, 5) is 0. The fraction of sp³-hybridized carbons (Fsp3) is 0.438. The number of nitrogens with one attached hydrogen (secondary N) is 1. The van der Waals surface area contributed by atoms with E-state index in [0.717, 1.165) is 35.2 Å². The lowest BCUT2D eigenvalue weighted by molar-refractivity contribution is 0.426. The molecule has 1 aromatic carbocycles. The van der Waals surface area contributed by atoms with Gasteiger partial charge in [0.25, 0.3) is 0 Å². The van der Waals surface area contributed by atoms with Crippen molar-refractivity contribution in [3.8, 4) is 0 Å². The van der Waals surface area contributed by atoms with E-state index in [4.69, 9.17) is 0 Å². The van der Waals surface area contributed by atoms with Gasteiger partial charge in [0.2, 0.25) is 0 Å². The van der Waals surface area contributed by atoms with Crippen molar-refractivity contribution in [1.82, 2.24) is 9.78 Å². The number of nitrogens with zero attached hydrogens (tertiary/aromatic N) is 2. The Hall–Kier alpha value is -1.29. The first-order valence-electron chi connectivity index (χ1n) is 7.17. The van der Waals surface area contributed by atoms with Crippen LogP contribution in [0.3, 0.4) is 0 Å². The first-order chi connectivity index (χ1) is 9.62. The highest BCUT2D eigenvalue weighted by atomic mass is 79.9. The number of aryl methyl sites for hydroxylation is 1. The van der Waals surface area contributed by atoms with Crippen molar-refractivity contribution in [2.75, 3.05) is 5.32 Å². The molecule has 1 aromatic heterocycles. The number of rotatable bonds is 6. The predicted molar refractivity (Wildman–Crippen MR) is 88.1 cm³/mol. The van der Waals surface area contributed by atoms with Gasteiger partial charge in [-0.25, -0.2) is 0 Å². The summed E-state index contributed by atoms with van der Waals surface area (Å²) >= 11 is 3.52. The largest absolute Gasteiger partial charge is 0.379 e. The third kappa shape index (κ3) is 3.85. The minimum atomic E-state index is 0.511. The monoisotopic (exact) mass is 335 g/mol. The van der Waals surface area contributed by atoms with Crippen LogP contribution < -0.4 is 5.32 Å². The molecular weight excluding hydrogens is 314 g/mol. The zero-order chi connectivity index (χ0) is 14.5. The second kappa shape index (κ2) is 6.93. The lowest BCUT2D eigenvalue weighted by Crippen LogP contribution is -2.09. The molecule has 4 heteroatoms. The number of hydrogen-bond acceptors (Lipinski definition) is 2. The van der Waals surface area contributed by atoms with E-state index in [-0.39, 0.29) is 0 Å². The quantitative estimate of drug-likeness (QED) is 0.811. The molecule has 0 saturated carbocycles. The number of benzene rings is 1. The predicted octanol–water partition coefficient (Wildman–Crippen LogP) is 4.93. The van der Waals surface area contributed by atoms with Gasteiger partial charge in [-0.1, -0.05) is 29.8 Å². The summed E-state index contributed by atoms with van der Waals surface area (Å²) in [5.74, 6) is 0. The number of halogens is 1. The molecule has 108 valence electrons. The SMILES string of the molecule is CCC(CC)n1ccc(CNc2cc(C)cc(Br)c2)n1. The van der Waals surface area contributed by atoms with Crippen LogP contribution in [-0.2, 0) is 6.54 Å². The van der Waals surface area contributed by atoms with Crippen molar-refractivity contribution in [3.63, 3.8) is 0 Å². The minimum absolute atomic E-state index is 0.511. The van der Waals surface area contributed by atoms with Gasteiger partial charge < -0.3 is 5.32 Å².